The quantitative estimate of drug-likeness (QED) is 0.752. The van der Waals surface area contributed by atoms with Gasteiger partial charge in [0.15, 0.2) is 0 Å². The predicted molar refractivity (Wildman–Crippen MR) is 80.5 cm³/mol. The van der Waals surface area contributed by atoms with Gasteiger partial charge < -0.3 is 14.4 Å². The van der Waals surface area contributed by atoms with Gasteiger partial charge in [0.05, 0.1) is 26.0 Å². The third-order valence-corrected chi connectivity index (χ3v) is 5.10. The van der Waals surface area contributed by atoms with Gasteiger partial charge in [-0.2, -0.15) is 4.31 Å². The lowest BCUT2D eigenvalue weighted by molar-refractivity contribution is 0.122. The molecule has 0 radical (unpaired) electrons. The Morgan fingerprint density at radius 1 is 1.27 bits per heavy atom. The predicted octanol–water partition coefficient (Wildman–Crippen LogP) is -0.274. The van der Waals surface area contributed by atoms with Crippen LogP contribution in [0.1, 0.15) is 6.42 Å². The van der Waals surface area contributed by atoms with E-state index in [1.54, 1.807) is 6.07 Å². The summed E-state index contributed by atoms with van der Waals surface area (Å²) in [6, 6.07) is 1.80. The van der Waals surface area contributed by atoms with Gasteiger partial charge in [-0.3, -0.25) is 0 Å². The summed E-state index contributed by atoms with van der Waals surface area (Å²) < 4.78 is 35.6. The number of sulfonamides is 1. The maximum Gasteiger partial charge on any atom is 0.218 e. The van der Waals surface area contributed by atoms with Gasteiger partial charge in [0, 0.05) is 25.7 Å². The van der Waals surface area contributed by atoms with E-state index in [-0.39, 0.29) is 6.10 Å². The van der Waals surface area contributed by atoms with Crippen molar-refractivity contribution in [3.05, 3.63) is 12.4 Å². The molecule has 22 heavy (non-hydrogen) atoms. The minimum atomic E-state index is -3.15. The molecule has 1 atom stereocenters. The normalized spacial score (nSPS) is 23.7. The molecule has 1 aromatic rings. The number of aromatic nitrogens is 2. The largest absolute Gasteiger partial charge is 0.473 e. The van der Waals surface area contributed by atoms with Crippen molar-refractivity contribution >= 4 is 15.8 Å². The van der Waals surface area contributed by atoms with Gasteiger partial charge in [0.2, 0.25) is 15.9 Å². The fourth-order valence-electron chi connectivity index (χ4n) is 2.63. The Morgan fingerprint density at radius 2 is 2.05 bits per heavy atom. The summed E-state index contributed by atoms with van der Waals surface area (Å²) >= 11 is 0. The Hall–Kier alpha value is -1.45. The molecule has 2 aliphatic heterocycles. The number of nitrogens with zero attached hydrogens (tertiary/aromatic N) is 4. The lowest BCUT2D eigenvalue weighted by atomic mass is 10.3. The number of morpholine rings is 1. The van der Waals surface area contributed by atoms with Crippen LogP contribution in [0.25, 0.3) is 0 Å². The molecule has 0 bridgehead atoms. The van der Waals surface area contributed by atoms with Crippen LogP contribution < -0.4 is 9.64 Å². The SMILES string of the molecule is CS(=O)(=O)N1CC[C@H](Oc2cc(N3CCOCC3)ncn2)C1. The molecule has 0 aromatic carbocycles. The van der Waals surface area contributed by atoms with E-state index in [4.69, 9.17) is 9.47 Å². The second kappa shape index (κ2) is 6.35. The van der Waals surface area contributed by atoms with E-state index >= 15 is 0 Å². The van der Waals surface area contributed by atoms with Gasteiger partial charge in [-0.05, 0) is 6.42 Å². The lowest BCUT2D eigenvalue weighted by Crippen LogP contribution is -2.36. The Labute approximate surface area is 130 Å². The molecule has 0 N–H and O–H groups in total. The van der Waals surface area contributed by atoms with Crippen molar-refractivity contribution in [1.29, 1.82) is 0 Å². The zero-order valence-corrected chi connectivity index (χ0v) is 13.3. The summed E-state index contributed by atoms with van der Waals surface area (Å²) in [5.41, 5.74) is 0. The highest BCUT2D eigenvalue weighted by Gasteiger charge is 2.30. The van der Waals surface area contributed by atoms with Crippen molar-refractivity contribution in [3.8, 4) is 5.88 Å². The maximum atomic E-state index is 11.5. The van der Waals surface area contributed by atoms with E-state index in [0.717, 1.165) is 18.9 Å². The van der Waals surface area contributed by atoms with Crippen molar-refractivity contribution < 1.29 is 17.9 Å². The second-order valence-electron chi connectivity index (χ2n) is 5.46. The molecule has 1 aromatic heterocycles. The first-order chi connectivity index (χ1) is 10.5. The molecule has 9 heteroatoms. The first-order valence-corrected chi connectivity index (χ1v) is 9.14. The number of anilines is 1. The first-order valence-electron chi connectivity index (χ1n) is 7.29. The average molecular weight is 328 g/mol. The van der Waals surface area contributed by atoms with Crippen molar-refractivity contribution in [1.82, 2.24) is 14.3 Å². The molecular weight excluding hydrogens is 308 g/mol. The van der Waals surface area contributed by atoms with Crippen LogP contribution in [0.15, 0.2) is 12.4 Å². The molecule has 0 saturated carbocycles. The molecule has 0 amide bonds. The van der Waals surface area contributed by atoms with E-state index in [9.17, 15) is 8.42 Å². The molecule has 2 fully saturated rings. The van der Waals surface area contributed by atoms with Crippen LogP contribution in [0.3, 0.4) is 0 Å². The highest BCUT2D eigenvalue weighted by Crippen LogP contribution is 2.21. The molecule has 2 aliphatic rings. The summed E-state index contributed by atoms with van der Waals surface area (Å²) in [5, 5.41) is 0. The second-order valence-corrected chi connectivity index (χ2v) is 7.45. The summed E-state index contributed by atoms with van der Waals surface area (Å²) in [6.07, 6.45) is 3.20. The van der Waals surface area contributed by atoms with E-state index in [0.29, 0.717) is 38.6 Å². The number of hydrogen-bond donors (Lipinski definition) is 0. The first kappa shape index (κ1) is 15.4. The van der Waals surface area contributed by atoms with Gasteiger partial charge in [-0.1, -0.05) is 0 Å². The summed E-state index contributed by atoms with van der Waals surface area (Å²) in [4.78, 5) is 10.5. The summed E-state index contributed by atoms with van der Waals surface area (Å²) in [6.45, 7) is 3.82. The fraction of sp³-hybridized carbons (Fsp3) is 0.692. The summed E-state index contributed by atoms with van der Waals surface area (Å²) in [7, 11) is -3.15. The minimum Gasteiger partial charge on any atom is -0.473 e. The van der Waals surface area contributed by atoms with Gasteiger partial charge in [0.25, 0.3) is 0 Å². The van der Waals surface area contributed by atoms with Gasteiger partial charge in [-0.25, -0.2) is 18.4 Å². The Morgan fingerprint density at radius 3 is 2.73 bits per heavy atom. The zero-order valence-electron chi connectivity index (χ0n) is 12.5. The van der Waals surface area contributed by atoms with Crippen LogP contribution >= 0.6 is 0 Å². The standard InChI is InChI=1S/C13H20N4O4S/c1-22(18,19)17-3-2-11(9-17)21-13-8-12(14-10-15-13)16-4-6-20-7-5-16/h8,10-11H,2-7,9H2,1H3/t11-/m0/s1. The van der Waals surface area contributed by atoms with E-state index in [1.165, 1.54) is 16.9 Å². The maximum absolute atomic E-state index is 11.5. The molecule has 122 valence electrons. The van der Waals surface area contributed by atoms with Crippen LogP contribution in [0.2, 0.25) is 0 Å². The third-order valence-electron chi connectivity index (χ3n) is 3.83. The van der Waals surface area contributed by atoms with Crippen molar-refractivity contribution in [2.24, 2.45) is 0 Å². The highest BCUT2D eigenvalue weighted by molar-refractivity contribution is 7.88. The lowest BCUT2D eigenvalue weighted by Gasteiger charge is -2.27. The fourth-order valence-corrected chi connectivity index (χ4v) is 3.50. The Balaban J connectivity index is 1.63. The summed E-state index contributed by atoms with van der Waals surface area (Å²) in [5.74, 6) is 1.29. The minimum absolute atomic E-state index is 0.165. The van der Waals surface area contributed by atoms with Crippen LogP contribution in [-0.2, 0) is 14.8 Å². The zero-order chi connectivity index (χ0) is 15.6. The molecular formula is C13H20N4O4S. The van der Waals surface area contributed by atoms with Crippen LogP contribution in [0.4, 0.5) is 5.82 Å². The highest BCUT2D eigenvalue weighted by atomic mass is 32.2. The van der Waals surface area contributed by atoms with Crippen molar-refractivity contribution in [2.75, 3.05) is 50.5 Å². The molecule has 0 aliphatic carbocycles. The van der Waals surface area contributed by atoms with Crippen molar-refractivity contribution in [3.63, 3.8) is 0 Å². The van der Waals surface area contributed by atoms with Gasteiger partial charge >= 0.3 is 0 Å². The molecule has 3 heterocycles. The number of hydrogen-bond acceptors (Lipinski definition) is 7. The number of ether oxygens (including phenoxy) is 2. The van der Waals surface area contributed by atoms with Crippen LogP contribution in [-0.4, -0.2) is 74.4 Å². The molecule has 8 nitrogen and oxygen atoms in total. The van der Waals surface area contributed by atoms with Crippen LogP contribution in [0, 0.1) is 0 Å². The van der Waals surface area contributed by atoms with E-state index in [2.05, 4.69) is 14.9 Å². The van der Waals surface area contributed by atoms with Gasteiger partial charge in [-0.15, -0.1) is 0 Å². The molecule has 3 rings (SSSR count). The Kier molecular flexibility index (Phi) is 4.46. The molecule has 2 saturated heterocycles. The van der Waals surface area contributed by atoms with Crippen LogP contribution in [0.5, 0.6) is 5.88 Å². The van der Waals surface area contributed by atoms with Crippen molar-refractivity contribution in [2.45, 2.75) is 12.5 Å². The van der Waals surface area contributed by atoms with E-state index in [1.807, 2.05) is 0 Å². The molecule has 0 unspecified atom stereocenters. The number of rotatable bonds is 4. The average Bonchev–Trinajstić information content (AvgIpc) is 2.97. The van der Waals surface area contributed by atoms with Gasteiger partial charge in [0.1, 0.15) is 18.2 Å². The topological polar surface area (TPSA) is 84.9 Å². The Bertz CT molecular complexity index is 618. The third kappa shape index (κ3) is 3.65. The monoisotopic (exact) mass is 328 g/mol. The molecule has 0 spiro atoms. The smallest absolute Gasteiger partial charge is 0.218 e. The van der Waals surface area contributed by atoms with E-state index < -0.39 is 10.0 Å².